The van der Waals surface area contributed by atoms with Gasteiger partial charge in [0.05, 0.1) is 0 Å². The smallest absolute Gasteiger partial charge is 0.228 e. The largest absolute Gasteiger partial charge is 0.444 e. The summed E-state index contributed by atoms with van der Waals surface area (Å²) in [5.41, 5.74) is 1.20. The lowest BCUT2D eigenvalue weighted by atomic mass is 10.2. The van der Waals surface area contributed by atoms with E-state index in [1.807, 2.05) is 0 Å². The summed E-state index contributed by atoms with van der Waals surface area (Å²) in [6.45, 7) is 0.616. The molecule has 0 saturated carbocycles. The number of amides is 1. The van der Waals surface area contributed by atoms with Gasteiger partial charge in [0.25, 0.3) is 0 Å². The topological polar surface area (TPSA) is 42.4 Å². The summed E-state index contributed by atoms with van der Waals surface area (Å²) in [4.78, 5) is 18.2. The van der Waals surface area contributed by atoms with Gasteiger partial charge < -0.3 is 4.74 Å². The van der Waals surface area contributed by atoms with Crippen LogP contribution in [0.15, 0.2) is 48.5 Å². The summed E-state index contributed by atoms with van der Waals surface area (Å²) < 4.78 is 32.2. The SMILES string of the molecule is O=C1CCCN1c1nc(-c2ccc(F)cc2)c(Oc2ccc(F)cc2)s1. The third-order valence-corrected chi connectivity index (χ3v) is 4.99. The van der Waals surface area contributed by atoms with Gasteiger partial charge in [-0.1, -0.05) is 11.3 Å². The number of nitrogens with zero attached hydrogens (tertiary/aromatic N) is 2. The number of halogens is 2. The number of carbonyl (C=O) groups is 1. The average Bonchev–Trinajstić information content (AvgIpc) is 3.24. The third kappa shape index (κ3) is 3.30. The highest BCUT2D eigenvalue weighted by Gasteiger charge is 2.27. The Labute approximate surface area is 152 Å². The molecular weight excluding hydrogens is 358 g/mol. The Morgan fingerprint density at radius 3 is 2.27 bits per heavy atom. The van der Waals surface area contributed by atoms with E-state index in [0.29, 0.717) is 40.2 Å². The summed E-state index contributed by atoms with van der Waals surface area (Å²) in [7, 11) is 0. The minimum absolute atomic E-state index is 0.0257. The Morgan fingerprint density at radius 1 is 1.00 bits per heavy atom. The van der Waals surface area contributed by atoms with Crippen molar-refractivity contribution in [2.75, 3.05) is 11.4 Å². The van der Waals surface area contributed by atoms with Gasteiger partial charge in [0.15, 0.2) is 5.13 Å². The molecule has 1 aromatic heterocycles. The number of aromatic nitrogens is 1. The van der Waals surface area contributed by atoms with Gasteiger partial charge in [-0.25, -0.2) is 13.8 Å². The van der Waals surface area contributed by atoms with E-state index in [-0.39, 0.29) is 17.5 Å². The molecule has 4 nitrogen and oxygen atoms in total. The Balaban J connectivity index is 1.74. The minimum Gasteiger partial charge on any atom is -0.444 e. The van der Waals surface area contributed by atoms with Gasteiger partial charge in [0, 0.05) is 18.5 Å². The van der Waals surface area contributed by atoms with Crippen molar-refractivity contribution in [1.82, 2.24) is 4.98 Å². The monoisotopic (exact) mass is 372 g/mol. The highest BCUT2D eigenvalue weighted by Crippen LogP contribution is 2.42. The summed E-state index contributed by atoms with van der Waals surface area (Å²) in [6, 6.07) is 11.6. The first-order valence-corrected chi connectivity index (χ1v) is 8.92. The first kappa shape index (κ1) is 16.7. The molecule has 7 heteroatoms. The van der Waals surface area contributed by atoms with Crippen molar-refractivity contribution in [2.24, 2.45) is 0 Å². The quantitative estimate of drug-likeness (QED) is 0.647. The van der Waals surface area contributed by atoms with Crippen LogP contribution >= 0.6 is 11.3 Å². The van der Waals surface area contributed by atoms with Gasteiger partial charge in [-0.3, -0.25) is 9.69 Å². The van der Waals surface area contributed by atoms with Crippen LogP contribution in [0, 0.1) is 11.6 Å². The molecule has 1 amide bonds. The van der Waals surface area contributed by atoms with Crippen LogP contribution in [0.3, 0.4) is 0 Å². The highest BCUT2D eigenvalue weighted by atomic mass is 32.1. The molecule has 2 heterocycles. The van der Waals surface area contributed by atoms with Crippen molar-refractivity contribution in [3.05, 3.63) is 60.2 Å². The number of rotatable bonds is 4. The van der Waals surface area contributed by atoms with Gasteiger partial charge in [0.2, 0.25) is 11.0 Å². The minimum atomic E-state index is -0.358. The summed E-state index contributed by atoms with van der Waals surface area (Å²) in [5, 5.41) is 1.02. The van der Waals surface area contributed by atoms with Crippen LogP contribution in [-0.4, -0.2) is 17.4 Å². The number of benzene rings is 2. The Kier molecular flexibility index (Phi) is 4.38. The van der Waals surface area contributed by atoms with E-state index in [9.17, 15) is 13.6 Å². The lowest BCUT2D eigenvalue weighted by Gasteiger charge is -2.10. The zero-order valence-electron chi connectivity index (χ0n) is 13.6. The number of anilines is 1. The summed E-state index contributed by atoms with van der Waals surface area (Å²) in [6.07, 6.45) is 1.29. The molecule has 0 unspecified atom stereocenters. The molecule has 0 bridgehead atoms. The van der Waals surface area contributed by atoms with Crippen LogP contribution in [0.1, 0.15) is 12.8 Å². The molecule has 132 valence electrons. The molecular formula is C19H14F2N2O2S. The number of hydrogen-bond donors (Lipinski definition) is 0. The third-order valence-electron chi connectivity index (χ3n) is 4.03. The van der Waals surface area contributed by atoms with E-state index < -0.39 is 0 Å². The fourth-order valence-electron chi connectivity index (χ4n) is 2.73. The van der Waals surface area contributed by atoms with Crippen LogP contribution in [0.2, 0.25) is 0 Å². The van der Waals surface area contributed by atoms with Gasteiger partial charge >= 0.3 is 0 Å². The fourth-order valence-corrected chi connectivity index (χ4v) is 3.73. The molecule has 3 aromatic rings. The maximum Gasteiger partial charge on any atom is 0.228 e. The normalized spacial score (nSPS) is 14.1. The second-order valence-corrected chi connectivity index (χ2v) is 6.78. The number of carbonyl (C=O) groups excluding carboxylic acids is 1. The fraction of sp³-hybridized carbons (Fsp3) is 0.158. The Morgan fingerprint density at radius 2 is 1.65 bits per heavy atom. The van der Waals surface area contributed by atoms with Crippen LogP contribution in [0.25, 0.3) is 11.3 Å². The zero-order valence-corrected chi connectivity index (χ0v) is 14.4. The van der Waals surface area contributed by atoms with E-state index in [2.05, 4.69) is 4.98 Å². The molecule has 0 N–H and O–H groups in total. The molecule has 0 atom stereocenters. The predicted molar refractivity (Wildman–Crippen MR) is 95.6 cm³/mol. The van der Waals surface area contributed by atoms with Crippen molar-refractivity contribution >= 4 is 22.4 Å². The van der Waals surface area contributed by atoms with Gasteiger partial charge in [-0.05, 0) is 55.0 Å². The van der Waals surface area contributed by atoms with Crippen LogP contribution in [0.5, 0.6) is 10.8 Å². The molecule has 26 heavy (non-hydrogen) atoms. The molecule has 2 aromatic carbocycles. The van der Waals surface area contributed by atoms with Crippen molar-refractivity contribution in [1.29, 1.82) is 0 Å². The van der Waals surface area contributed by atoms with Crippen LogP contribution < -0.4 is 9.64 Å². The van der Waals surface area contributed by atoms with Crippen LogP contribution in [-0.2, 0) is 4.79 Å². The van der Waals surface area contributed by atoms with Crippen molar-refractivity contribution < 1.29 is 18.3 Å². The average molecular weight is 372 g/mol. The van der Waals surface area contributed by atoms with Crippen molar-refractivity contribution in [3.8, 4) is 22.1 Å². The first-order chi connectivity index (χ1) is 12.6. The van der Waals surface area contributed by atoms with E-state index in [0.717, 1.165) is 6.42 Å². The maximum absolute atomic E-state index is 13.3. The van der Waals surface area contributed by atoms with Gasteiger partial charge in [0.1, 0.15) is 23.1 Å². The molecule has 0 aliphatic carbocycles. The molecule has 1 aliphatic rings. The predicted octanol–water partition coefficient (Wildman–Crippen LogP) is 5.01. The van der Waals surface area contributed by atoms with Crippen molar-refractivity contribution in [3.63, 3.8) is 0 Å². The lowest BCUT2D eigenvalue weighted by molar-refractivity contribution is -0.117. The molecule has 0 radical (unpaired) electrons. The number of hydrogen-bond acceptors (Lipinski definition) is 4. The van der Waals surface area contributed by atoms with E-state index >= 15 is 0 Å². The standard InChI is InChI=1S/C19H14F2N2O2S/c20-13-5-3-12(4-6-13)17-18(25-15-9-7-14(21)8-10-15)26-19(22-17)23-11-1-2-16(23)24/h3-10H,1-2,11H2. The van der Waals surface area contributed by atoms with Gasteiger partial charge in [-0.15, -0.1) is 0 Å². The van der Waals surface area contributed by atoms with Gasteiger partial charge in [-0.2, -0.15) is 0 Å². The van der Waals surface area contributed by atoms with E-state index in [1.165, 1.54) is 47.7 Å². The van der Waals surface area contributed by atoms with E-state index in [4.69, 9.17) is 4.74 Å². The molecule has 0 spiro atoms. The van der Waals surface area contributed by atoms with Crippen molar-refractivity contribution in [2.45, 2.75) is 12.8 Å². The summed E-state index contributed by atoms with van der Waals surface area (Å²) in [5.74, 6) is -0.223. The highest BCUT2D eigenvalue weighted by molar-refractivity contribution is 7.18. The number of thiazole rings is 1. The Hall–Kier alpha value is -2.80. The zero-order chi connectivity index (χ0) is 18.1. The number of ether oxygens (including phenoxy) is 1. The Bertz CT molecular complexity index is 939. The molecule has 1 saturated heterocycles. The van der Waals surface area contributed by atoms with Crippen LogP contribution in [0.4, 0.5) is 13.9 Å². The lowest BCUT2D eigenvalue weighted by Crippen LogP contribution is -2.23. The first-order valence-electron chi connectivity index (χ1n) is 8.11. The maximum atomic E-state index is 13.3. The molecule has 1 fully saturated rings. The molecule has 1 aliphatic heterocycles. The molecule has 4 rings (SSSR count). The van der Waals surface area contributed by atoms with E-state index in [1.54, 1.807) is 17.0 Å². The second kappa shape index (κ2) is 6.84. The second-order valence-electron chi connectivity index (χ2n) is 5.84. The summed E-state index contributed by atoms with van der Waals surface area (Å²) >= 11 is 1.24.